The van der Waals surface area contributed by atoms with E-state index in [9.17, 15) is 9.59 Å². The van der Waals surface area contributed by atoms with Crippen LogP contribution in [0.2, 0.25) is 0 Å². The van der Waals surface area contributed by atoms with Crippen molar-refractivity contribution in [1.29, 1.82) is 0 Å². The summed E-state index contributed by atoms with van der Waals surface area (Å²) in [6.45, 7) is 9.04. The number of hydrogen-bond donors (Lipinski definition) is 0. The van der Waals surface area contributed by atoms with Gasteiger partial charge in [0.05, 0.1) is 106 Å². The van der Waals surface area contributed by atoms with Gasteiger partial charge in [0.15, 0.2) is 11.3 Å². The lowest BCUT2D eigenvalue weighted by molar-refractivity contribution is -0.143. The molecule has 0 spiro atoms. The predicted molar refractivity (Wildman–Crippen MR) is 178 cm³/mol. The second kappa shape index (κ2) is 25.9. The summed E-state index contributed by atoms with van der Waals surface area (Å²) in [5, 5.41) is 0. The topological polar surface area (TPSA) is 158 Å². The third-order valence-corrected chi connectivity index (χ3v) is 8.32. The molecule has 4 amide bonds. The van der Waals surface area contributed by atoms with Crippen LogP contribution in [-0.2, 0) is 56.8 Å². The summed E-state index contributed by atoms with van der Waals surface area (Å²) in [5.41, 5.74) is -2.48. The second-order valence-electron chi connectivity index (χ2n) is 11.4. The highest BCUT2D eigenvalue weighted by molar-refractivity contribution is 5.88. The molecule has 2 rings (SSSR count). The predicted octanol–water partition coefficient (Wildman–Crippen LogP) is 1.22. The monoisotopic (exact) mass is 726 g/mol. The van der Waals surface area contributed by atoms with Gasteiger partial charge < -0.3 is 56.8 Å². The van der Waals surface area contributed by atoms with E-state index >= 15 is 0 Å². The van der Waals surface area contributed by atoms with E-state index in [2.05, 4.69) is 0 Å². The van der Waals surface area contributed by atoms with Gasteiger partial charge in [0.2, 0.25) is 0 Å². The fourth-order valence-electron chi connectivity index (χ4n) is 5.83. The second-order valence-corrected chi connectivity index (χ2v) is 11.4. The number of methoxy groups -OCH3 is 4. The van der Waals surface area contributed by atoms with Gasteiger partial charge in [-0.2, -0.15) is 0 Å². The molecule has 50 heavy (non-hydrogen) atoms. The number of amides is 4. The summed E-state index contributed by atoms with van der Waals surface area (Å²) < 4.78 is 66.4. The number of carbonyl (C=O) groups excluding carboxylic acids is 2. The first kappa shape index (κ1) is 44.2. The van der Waals surface area contributed by atoms with Crippen LogP contribution >= 0.6 is 0 Å². The van der Waals surface area contributed by atoms with Crippen molar-refractivity contribution in [2.45, 2.75) is 38.0 Å². The van der Waals surface area contributed by atoms with Gasteiger partial charge in [-0.25, -0.2) is 9.59 Å². The molecule has 2 saturated heterocycles. The van der Waals surface area contributed by atoms with Gasteiger partial charge in [0.1, 0.15) is 26.9 Å². The van der Waals surface area contributed by atoms with E-state index in [4.69, 9.17) is 56.8 Å². The van der Waals surface area contributed by atoms with Gasteiger partial charge >= 0.3 is 12.1 Å². The molecule has 0 bridgehead atoms. The van der Waals surface area contributed by atoms with E-state index in [1.54, 1.807) is 48.0 Å². The van der Waals surface area contributed by atoms with Crippen LogP contribution < -0.4 is 0 Å². The molecular weight excluding hydrogens is 664 g/mol. The van der Waals surface area contributed by atoms with E-state index in [0.717, 1.165) is 0 Å². The summed E-state index contributed by atoms with van der Waals surface area (Å²) in [6, 6.07) is -0.732. The van der Waals surface area contributed by atoms with Crippen molar-refractivity contribution in [3.63, 3.8) is 0 Å². The van der Waals surface area contributed by atoms with Crippen molar-refractivity contribution in [2.24, 2.45) is 0 Å². The summed E-state index contributed by atoms with van der Waals surface area (Å²) in [4.78, 5) is 35.2. The minimum atomic E-state index is -1.26. The SMILES string of the molecule is CCCC12N(COCCOCCOC)C(=O)N(COCCOCCOC)C1(C)N(COCCOCCOC)C(=O)N2COCCOCCOC. The Bertz CT molecular complexity index is 847. The Kier molecular flexibility index (Phi) is 22.9. The van der Waals surface area contributed by atoms with Crippen molar-refractivity contribution in [3.05, 3.63) is 0 Å². The molecule has 2 heterocycles. The molecule has 0 N–H and O–H groups in total. The third-order valence-electron chi connectivity index (χ3n) is 8.32. The summed E-state index contributed by atoms with van der Waals surface area (Å²) in [7, 11) is 6.41. The highest BCUT2D eigenvalue weighted by Gasteiger charge is 2.76. The third kappa shape index (κ3) is 12.3. The Hall–Kier alpha value is -1.94. The average Bonchev–Trinajstić information content (AvgIpc) is 3.39. The Morgan fingerprint density at radius 2 is 0.680 bits per heavy atom. The zero-order valence-electron chi connectivity index (χ0n) is 31.1. The zero-order chi connectivity index (χ0) is 36.5. The number of hydrogen-bond acceptors (Lipinski definition) is 14. The Morgan fingerprint density at radius 1 is 0.420 bits per heavy atom. The van der Waals surface area contributed by atoms with Crippen molar-refractivity contribution >= 4 is 12.1 Å². The smallest absolute Gasteiger partial charge is 0.327 e. The number of fused-ring (bicyclic) bond motifs is 1. The highest BCUT2D eigenvalue weighted by Crippen LogP contribution is 2.53. The molecule has 0 aromatic heterocycles. The molecular formula is C32H62N4O14. The lowest BCUT2D eigenvalue weighted by atomic mass is 9.89. The molecule has 2 fully saturated rings. The molecule has 294 valence electrons. The highest BCUT2D eigenvalue weighted by atomic mass is 16.6. The molecule has 2 aliphatic rings. The minimum absolute atomic E-state index is 0.107. The number of urea groups is 2. The molecule has 0 aliphatic carbocycles. The number of carbonyl (C=O) groups is 2. The molecule has 18 heteroatoms. The Balaban J connectivity index is 2.36. The molecule has 0 aromatic rings. The largest absolute Gasteiger partial charge is 0.382 e. The van der Waals surface area contributed by atoms with Crippen LogP contribution in [0.25, 0.3) is 0 Å². The van der Waals surface area contributed by atoms with E-state index < -0.39 is 11.3 Å². The van der Waals surface area contributed by atoms with Crippen LogP contribution in [0.15, 0.2) is 0 Å². The molecule has 0 aromatic carbocycles. The number of nitrogens with zero attached hydrogens (tertiary/aromatic N) is 4. The van der Waals surface area contributed by atoms with Crippen molar-refractivity contribution in [3.8, 4) is 0 Å². The fraction of sp³-hybridized carbons (Fsp3) is 0.938. The number of ether oxygens (including phenoxy) is 12. The molecule has 0 radical (unpaired) electrons. The zero-order valence-corrected chi connectivity index (χ0v) is 31.1. The van der Waals surface area contributed by atoms with E-state index in [1.165, 1.54) is 0 Å². The lowest BCUT2D eigenvalue weighted by Crippen LogP contribution is -2.67. The first-order valence-corrected chi connectivity index (χ1v) is 17.2. The van der Waals surface area contributed by atoms with Crippen LogP contribution in [0.4, 0.5) is 9.59 Å². The van der Waals surface area contributed by atoms with E-state index in [0.29, 0.717) is 92.1 Å². The standard InChI is InChI=1S/C32H62N4O14/c1-7-8-32-31(2,33(25-47-21-17-43-13-9-39-3)29(37)35(32)27-49-23-19-45-15-11-41-5)34(26-48-22-18-44-14-10-40-4)30(38)36(32)28-50-24-20-46-16-12-42-6/h7-28H2,1-6H3. The quantitative estimate of drug-likeness (QED) is 0.0872. The Morgan fingerprint density at radius 3 is 0.960 bits per heavy atom. The summed E-state index contributed by atoms with van der Waals surface area (Å²) >= 11 is 0. The maximum absolute atomic E-state index is 14.5. The lowest BCUT2D eigenvalue weighted by Gasteiger charge is -2.47. The van der Waals surface area contributed by atoms with Crippen LogP contribution in [0.3, 0.4) is 0 Å². The van der Waals surface area contributed by atoms with Gasteiger partial charge in [0, 0.05) is 28.4 Å². The molecule has 18 nitrogen and oxygen atoms in total. The van der Waals surface area contributed by atoms with E-state index in [1.807, 2.05) is 13.8 Å². The van der Waals surface area contributed by atoms with Crippen molar-refractivity contribution < 1.29 is 66.4 Å². The van der Waals surface area contributed by atoms with Crippen molar-refractivity contribution in [2.75, 3.05) is 161 Å². The van der Waals surface area contributed by atoms with Crippen LogP contribution in [-0.4, -0.2) is 204 Å². The normalized spacial score (nSPS) is 20.6. The first-order valence-electron chi connectivity index (χ1n) is 17.2. The first-order chi connectivity index (χ1) is 24.4. The number of rotatable bonds is 34. The van der Waals surface area contributed by atoms with Crippen LogP contribution in [0, 0.1) is 0 Å². The van der Waals surface area contributed by atoms with Crippen molar-refractivity contribution in [1.82, 2.24) is 19.6 Å². The van der Waals surface area contributed by atoms with E-state index in [-0.39, 0.29) is 65.4 Å². The maximum atomic E-state index is 14.5. The Labute approximate surface area is 297 Å². The minimum Gasteiger partial charge on any atom is -0.382 e. The van der Waals surface area contributed by atoms with Crippen LogP contribution in [0.5, 0.6) is 0 Å². The van der Waals surface area contributed by atoms with Gasteiger partial charge in [0.25, 0.3) is 0 Å². The fourth-order valence-corrected chi connectivity index (χ4v) is 5.83. The van der Waals surface area contributed by atoms with Crippen LogP contribution in [0.1, 0.15) is 26.7 Å². The van der Waals surface area contributed by atoms with Gasteiger partial charge in [-0.15, -0.1) is 0 Å². The molecule has 2 aliphatic heterocycles. The summed E-state index contributed by atoms with van der Waals surface area (Å²) in [5.74, 6) is 0. The molecule has 0 atom stereocenters. The summed E-state index contributed by atoms with van der Waals surface area (Å²) in [6.07, 6.45) is 1.04. The molecule has 0 unspecified atom stereocenters. The molecule has 0 saturated carbocycles. The van der Waals surface area contributed by atoms with Gasteiger partial charge in [-0.05, 0) is 13.3 Å². The maximum Gasteiger partial charge on any atom is 0.327 e. The average molecular weight is 727 g/mol. The van der Waals surface area contributed by atoms with Gasteiger partial charge in [-0.1, -0.05) is 13.3 Å². The van der Waals surface area contributed by atoms with Gasteiger partial charge in [-0.3, -0.25) is 19.6 Å².